The van der Waals surface area contributed by atoms with E-state index in [-0.39, 0.29) is 18.7 Å². The van der Waals surface area contributed by atoms with E-state index >= 15 is 0 Å². The van der Waals surface area contributed by atoms with Gasteiger partial charge in [-0.25, -0.2) is 4.79 Å². The van der Waals surface area contributed by atoms with Gasteiger partial charge in [0.25, 0.3) is 0 Å². The molecule has 0 saturated carbocycles. The molecule has 1 rings (SSSR count). The molecule has 1 unspecified atom stereocenters. The summed E-state index contributed by atoms with van der Waals surface area (Å²) in [6.07, 6.45) is 0. The Balaban J connectivity index is 2.82. The maximum Gasteiger partial charge on any atom is 0.321 e. The van der Waals surface area contributed by atoms with Gasteiger partial charge in [0.1, 0.15) is 0 Å². The van der Waals surface area contributed by atoms with E-state index in [0.717, 1.165) is 11.3 Å². The van der Waals surface area contributed by atoms with Crippen LogP contribution in [0.5, 0.6) is 0 Å². The number of hydrogen-bond donors (Lipinski definition) is 2. The first kappa shape index (κ1) is 14.5. The molecule has 0 aromatic heterocycles. The first-order valence-corrected chi connectivity index (χ1v) is 6.21. The van der Waals surface area contributed by atoms with Crippen molar-refractivity contribution in [3.05, 3.63) is 29.8 Å². The third kappa shape index (κ3) is 3.47. The van der Waals surface area contributed by atoms with Crippen LogP contribution in [-0.2, 0) is 0 Å². The Kier molecular flexibility index (Phi) is 5.16. The highest BCUT2D eigenvalue weighted by molar-refractivity contribution is 5.90. The second kappa shape index (κ2) is 6.40. The predicted molar refractivity (Wildman–Crippen MR) is 73.9 cm³/mol. The summed E-state index contributed by atoms with van der Waals surface area (Å²) in [6, 6.07) is 7.36. The largest absolute Gasteiger partial charge is 0.394 e. The van der Waals surface area contributed by atoms with E-state index in [4.69, 9.17) is 5.11 Å². The summed E-state index contributed by atoms with van der Waals surface area (Å²) < 4.78 is 0. The number of aliphatic hydroxyl groups excluding tert-OH is 1. The lowest BCUT2D eigenvalue weighted by molar-refractivity contribution is 0.166. The zero-order valence-corrected chi connectivity index (χ0v) is 11.5. The van der Waals surface area contributed by atoms with Crippen LogP contribution in [0.4, 0.5) is 10.5 Å². The van der Waals surface area contributed by atoms with Crippen LogP contribution in [0.25, 0.3) is 0 Å². The molecule has 0 bridgehead atoms. The average molecular weight is 250 g/mol. The highest BCUT2D eigenvalue weighted by atomic mass is 16.3. The number of para-hydroxylation sites is 1. The molecule has 2 N–H and O–H groups in total. The molecule has 1 atom stereocenters. The Morgan fingerprint density at radius 2 is 1.94 bits per heavy atom. The number of nitrogens with zero attached hydrogens (tertiary/aromatic N) is 1. The Morgan fingerprint density at radius 3 is 2.50 bits per heavy atom. The molecule has 2 amide bonds. The van der Waals surface area contributed by atoms with Crippen molar-refractivity contribution in [2.45, 2.75) is 32.7 Å². The number of nitrogens with one attached hydrogen (secondary N) is 1. The van der Waals surface area contributed by atoms with Crippen molar-refractivity contribution in [1.82, 2.24) is 4.90 Å². The maximum absolute atomic E-state index is 12.0. The fourth-order valence-electron chi connectivity index (χ4n) is 1.64. The van der Waals surface area contributed by atoms with E-state index in [2.05, 4.69) is 19.2 Å². The molecule has 0 aliphatic rings. The van der Waals surface area contributed by atoms with Crippen LogP contribution in [-0.4, -0.2) is 35.7 Å². The lowest BCUT2D eigenvalue weighted by Gasteiger charge is -2.24. The monoisotopic (exact) mass is 250 g/mol. The van der Waals surface area contributed by atoms with Crippen LogP contribution in [0.3, 0.4) is 0 Å². The summed E-state index contributed by atoms with van der Waals surface area (Å²) in [4.78, 5) is 13.5. The van der Waals surface area contributed by atoms with E-state index in [1.54, 1.807) is 14.0 Å². The number of carbonyl (C=O) groups excluding carboxylic acids is 1. The van der Waals surface area contributed by atoms with Gasteiger partial charge in [-0.3, -0.25) is 0 Å². The van der Waals surface area contributed by atoms with Gasteiger partial charge in [-0.05, 0) is 24.5 Å². The van der Waals surface area contributed by atoms with Crippen LogP contribution in [0.2, 0.25) is 0 Å². The third-order valence-corrected chi connectivity index (χ3v) is 3.07. The Bertz CT molecular complexity index is 405. The smallest absolute Gasteiger partial charge is 0.321 e. The molecule has 0 spiro atoms. The molecule has 18 heavy (non-hydrogen) atoms. The topological polar surface area (TPSA) is 52.6 Å². The van der Waals surface area contributed by atoms with E-state index < -0.39 is 0 Å². The first-order chi connectivity index (χ1) is 8.47. The summed E-state index contributed by atoms with van der Waals surface area (Å²) >= 11 is 0. The van der Waals surface area contributed by atoms with Crippen molar-refractivity contribution >= 4 is 11.7 Å². The number of likely N-dealkylation sites (N-methyl/N-ethyl adjacent to an activating group) is 1. The van der Waals surface area contributed by atoms with E-state index in [1.165, 1.54) is 4.90 Å². The van der Waals surface area contributed by atoms with Gasteiger partial charge in [-0.1, -0.05) is 32.0 Å². The first-order valence-electron chi connectivity index (χ1n) is 6.21. The average Bonchev–Trinajstić information content (AvgIpc) is 2.37. The van der Waals surface area contributed by atoms with Crippen LogP contribution in [0.1, 0.15) is 32.3 Å². The van der Waals surface area contributed by atoms with Crippen molar-refractivity contribution < 1.29 is 9.90 Å². The summed E-state index contributed by atoms with van der Waals surface area (Å²) in [5.41, 5.74) is 1.94. The number of rotatable bonds is 4. The van der Waals surface area contributed by atoms with Crippen molar-refractivity contribution in [2.24, 2.45) is 0 Å². The predicted octanol–water partition coefficient (Wildman–Crippen LogP) is 2.65. The van der Waals surface area contributed by atoms with Gasteiger partial charge in [0.2, 0.25) is 0 Å². The van der Waals surface area contributed by atoms with Crippen molar-refractivity contribution in [3.8, 4) is 0 Å². The lowest BCUT2D eigenvalue weighted by Crippen LogP contribution is -2.40. The molecule has 100 valence electrons. The van der Waals surface area contributed by atoms with Crippen molar-refractivity contribution in [1.29, 1.82) is 0 Å². The van der Waals surface area contributed by atoms with Gasteiger partial charge in [-0.15, -0.1) is 0 Å². The summed E-state index contributed by atoms with van der Waals surface area (Å²) in [6.45, 7) is 5.93. The minimum Gasteiger partial charge on any atom is -0.394 e. The van der Waals surface area contributed by atoms with Crippen LogP contribution in [0, 0.1) is 0 Å². The molecule has 0 aliphatic carbocycles. The van der Waals surface area contributed by atoms with Crippen LogP contribution < -0.4 is 5.32 Å². The molecule has 0 aliphatic heterocycles. The summed E-state index contributed by atoms with van der Waals surface area (Å²) in [5.74, 6) is 0.349. The Morgan fingerprint density at radius 1 is 1.33 bits per heavy atom. The van der Waals surface area contributed by atoms with Gasteiger partial charge in [0, 0.05) is 12.7 Å². The standard InChI is InChI=1S/C14H22N2O2/c1-10(2)12-7-5-6-8-13(12)15-14(18)16(4)11(3)9-17/h5-8,10-11,17H,9H2,1-4H3,(H,15,18). The van der Waals surface area contributed by atoms with E-state index in [0.29, 0.717) is 5.92 Å². The molecular weight excluding hydrogens is 228 g/mol. The number of anilines is 1. The number of urea groups is 1. The number of hydrogen-bond acceptors (Lipinski definition) is 2. The quantitative estimate of drug-likeness (QED) is 0.863. The minimum absolute atomic E-state index is 0.0459. The van der Waals surface area contributed by atoms with Crippen LogP contribution in [0.15, 0.2) is 24.3 Å². The normalized spacial score (nSPS) is 12.3. The van der Waals surface area contributed by atoms with Crippen molar-refractivity contribution in [2.75, 3.05) is 19.0 Å². The fourth-order valence-corrected chi connectivity index (χ4v) is 1.64. The minimum atomic E-state index is -0.204. The van der Waals surface area contributed by atoms with Gasteiger partial charge in [-0.2, -0.15) is 0 Å². The van der Waals surface area contributed by atoms with Crippen LogP contribution >= 0.6 is 0 Å². The summed E-state index contributed by atoms with van der Waals surface area (Å²) in [5, 5.41) is 11.9. The van der Waals surface area contributed by atoms with Gasteiger partial charge >= 0.3 is 6.03 Å². The number of benzene rings is 1. The zero-order chi connectivity index (χ0) is 13.7. The van der Waals surface area contributed by atoms with E-state index in [9.17, 15) is 4.79 Å². The molecular formula is C14H22N2O2. The fraction of sp³-hybridized carbons (Fsp3) is 0.500. The number of aliphatic hydroxyl groups is 1. The second-order valence-electron chi connectivity index (χ2n) is 4.81. The second-order valence-corrected chi connectivity index (χ2v) is 4.81. The molecule has 4 nitrogen and oxygen atoms in total. The molecule has 0 heterocycles. The van der Waals surface area contributed by atoms with Crippen molar-refractivity contribution in [3.63, 3.8) is 0 Å². The number of amides is 2. The van der Waals surface area contributed by atoms with Gasteiger partial charge in [0.05, 0.1) is 12.6 Å². The molecule has 0 fully saturated rings. The van der Waals surface area contributed by atoms with E-state index in [1.807, 2.05) is 24.3 Å². The SMILES string of the molecule is CC(C)c1ccccc1NC(=O)N(C)C(C)CO. The lowest BCUT2D eigenvalue weighted by atomic mass is 10.0. The number of carbonyl (C=O) groups is 1. The molecule has 0 saturated heterocycles. The zero-order valence-electron chi connectivity index (χ0n) is 11.5. The van der Waals surface area contributed by atoms with Gasteiger partial charge < -0.3 is 15.3 Å². The summed E-state index contributed by atoms with van der Waals surface area (Å²) in [7, 11) is 1.67. The third-order valence-electron chi connectivity index (χ3n) is 3.07. The highest BCUT2D eigenvalue weighted by Gasteiger charge is 2.16. The van der Waals surface area contributed by atoms with Gasteiger partial charge in [0.15, 0.2) is 0 Å². The Hall–Kier alpha value is -1.55. The Labute approximate surface area is 109 Å². The highest BCUT2D eigenvalue weighted by Crippen LogP contribution is 2.23. The molecule has 1 aromatic carbocycles. The molecule has 0 radical (unpaired) electrons. The molecule has 4 heteroatoms. The maximum atomic E-state index is 12.0. The molecule has 1 aromatic rings.